The Morgan fingerprint density at radius 3 is 2.61 bits per heavy atom. The number of aromatic nitrogens is 3. The first-order valence-electron chi connectivity index (χ1n) is 10.8. The standard InChI is InChI=1S/C24H27N7O2/c1-3-9-18-14-17(15-20(33-2)21(18)32)16-25-30-23-27-22(26-19-10-5-4-6-11-19)28-24(29-23)31-12-7-8-13-31/h3-6,10-11,14-16,32H,1,7-9,12-13H2,2H3,(H2,26,27,28,29,30)/b25-16+. The molecule has 0 spiro atoms. The number of nitrogens with one attached hydrogen (secondary N) is 2. The molecule has 1 fully saturated rings. The van der Waals surface area contributed by atoms with Crippen LogP contribution in [0.2, 0.25) is 0 Å². The lowest BCUT2D eigenvalue weighted by atomic mass is 10.1. The number of anilines is 4. The van der Waals surface area contributed by atoms with Gasteiger partial charge in [-0.1, -0.05) is 24.3 Å². The van der Waals surface area contributed by atoms with Crippen molar-refractivity contribution in [2.24, 2.45) is 5.10 Å². The van der Waals surface area contributed by atoms with Crippen LogP contribution >= 0.6 is 0 Å². The monoisotopic (exact) mass is 445 g/mol. The van der Waals surface area contributed by atoms with Crippen LogP contribution in [-0.4, -0.2) is 46.5 Å². The summed E-state index contributed by atoms with van der Waals surface area (Å²) >= 11 is 0. The third-order valence-corrected chi connectivity index (χ3v) is 5.18. The first-order valence-corrected chi connectivity index (χ1v) is 10.8. The quantitative estimate of drug-likeness (QED) is 0.257. The summed E-state index contributed by atoms with van der Waals surface area (Å²) in [5.74, 6) is 1.86. The van der Waals surface area contributed by atoms with Gasteiger partial charge in [-0.25, -0.2) is 5.43 Å². The summed E-state index contributed by atoms with van der Waals surface area (Å²) in [6.45, 7) is 5.56. The molecule has 0 amide bonds. The van der Waals surface area contributed by atoms with Crippen molar-refractivity contribution in [1.82, 2.24) is 15.0 Å². The predicted molar refractivity (Wildman–Crippen MR) is 131 cm³/mol. The van der Waals surface area contributed by atoms with E-state index in [-0.39, 0.29) is 5.75 Å². The van der Waals surface area contributed by atoms with Crippen LogP contribution in [0.1, 0.15) is 24.0 Å². The number of rotatable bonds is 9. The summed E-state index contributed by atoms with van der Waals surface area (Å²) in [5, 5.41) is 17.8. The van der Waals surface area contributed by atoms with E-state index in [1.807, 2.05) is 36.4 Å². The highest BCUT2D eigenvalue weighted by atomic mass is 16.5. The number of hydrogen-bond acceptors (Lipinski definition) is 9. The fraction of sp³-hybridized carbons (Fsp3) is 0.250. The van der Waals surface area contributed by atoms with Gasteiger partial charge in [0, 0.05) is 24.3 Å². The van der Waals surface area contributed by atoms with Crippen molar-refractivity contribution in [2.45, 2.75) is 19.3 Å². The molecule has 0 atom stereocenters. The number of hydrazone groups is 1. The average Bonchev–Trinajstić information content (AvgIpc) is 3.37. The number of hydrogen-bond donors (Lipinski definition) is 3. The van der Waals surface area contributed by atoms with Gasteiger partial charge in [0.25, 0.3) is 0 Å². The molecule has 3 aromatic rings. The van der Waals surface area contributed by atoms with Crippen molar-refractivity contribution in [3.8, 4) is 11.5 Å². The summed E-state index contributed by atoms with van der Waals surface area (Å²) in [5.41, 5.74) is 5.25. The van der Waals surface area contributed by atoms with Crippen molar-refractivity contribution in [1.29, 1.82) is 0 Å². The lowest BCUT2D eigenvalue weighted by Crippen LogP contribution is -2.21. The van der Waals surface area contributed by atoms with Crippen molar-refractivity contribution >= 4 is 29.7 Å². The second-order valence-corrected chi connectivity index (χ2v) is 7.56. The van der Waals surface area contributed by atoms with Crippen LogP contribution in [0.5, 0.6) is 11.5 Å². The number of ether oxygens (including phenoxy) is 1. The molecule has 1 aliphatic rings. The fourth-order valence-corrected chi connectivity index (χ4v) is 3.57. The van der Waals surface area contributed by atoms with Crippen molar-refractivity contribution in [3.05, 3.63) is 66.2 Å². The van der Waals surface area contributed by atoms with Gasteiger partial charge in [-0.05, 0) is 49.1 Å². The van der Waals surface area contributed by atoms with Gasteiger partial charge in [0.15, 0.2) is 11.5 Å². The number of allylic oxidation sites excluding steroid dienone is 1. The minimum atomic E-state index is 0.104. The van der Waals surface area contributed by atoms with Crippen LogP contribution in [0.25, 0.3) is 0 Å². The number of methoxy groups -OCH3 is 1. The van der Waals surface area contributed by atoms with Gasteiger partial charge in [-0.2, -0.15) is 20.1 Å². The highest BCUT2D eigenvalue weighted by Gasteiger charge is 2.17. The first kappa shape index (κ1) is 22.1. The maximum absolute atomic E-state index is 10.3. The van der Waals surface area contributed by atoms with Gasteiger partial charge in [0.05, 0.1) is 13.3 Å². The Morgan fingerprint density at radius 1 is 1.12 bits per heavy atom. The molecule has 9 heteroatoms. The van der Waals surface area contributed by atoms with Gasteiger partial charge in [0.2, 0.25) is 17.8 Å². The zero-order chi connectivity index (χ0) is 23.0. The topological polar surface area (TPSA) is 108 Å². The minimum absolute atomic E-state index is 0.104. The van der Waals surface area contributed by atoms with E-state index >= 15 is 0 Å². The van der Waals surface area contributed by atoms with Gasteiger partial charge in [-0.3, -0.25) is 0 Å². The summed E-state index contributed by atoms with van der Waals surface area (Å²) in [4.78, 5) is 15.7. The molecule has 2 heterocycles. The zero-order valence-electron chi connectivity index (χ0n) is 18.5. The second-order valence-electron chi connectivity index (χ2n) is 7.56. The van der Waals surface area contributed by atoms with Gasteiger partial charge in [0.1, 0.15) is 0 Å². The maximum atomic E-state index is 10.3. The van der Waals surface area contributed by atoms with E-state index < -0.39 is 0 Å². The summed E-state index contributed by atoms with van der Waals surface area (Å²) in [6.07, 6.45) is 6.09. The average molecular weight is 446 g/mol. The summed E-state index contributed by atoms with van der Waals surface area (Å²) in [7, 11) is 1.51. The normalized spacial score (nSPS) is 13.3. The van der Waals surface area contributed by atoms with Crippen LogP contribution in [0.4, 0.5) is 23.5 Å². The molecule has 2 aromatic carbocycles. The largest absolute Gasteiger partial charge is 0.504 e. The van der Waals surface area contributed by atoms with Crippen LogP contribution in [0.3, 0.4) is 0 Å². The summed E-state index contributed by atoms with van der Waals surface area (Å²) in [6, 6.07) is 13.3. The predicted octanol–water partition coefficient (Wildman–Crippen LogP) is 4.10. The van der Waals surface area contributed by atoms with Gasteiger partial charge in [-0.15, -0.1) is 6.58 Å². The van der Waals surface area contributed by atoms with E-state index in [2.05, 4.69) is 42.3 Å². The molecule has 1 aromatic heterocycles. The van der Waals surface area contributed by atoms with E-state index in [1.165, 1.54) is 7.11 Å². The van der Waals surface area contributed by atoms with Gasteiger partial charge < -0.3 is 20.1 Å². The van der Waals surface area contributed by atoms with Gasteiger partial charge >= 0.3 is 0 Å². The van der Waals surface area contributed by atoms with Crippen LogP contribution in [0, 0.1) is 0 Å². The number of phenols is 1. The van der Waals surface area contributed by atoms with E-state index in [1.54, 1.807) is 18.4 Å². The number of phenolic OH excluding ortho intramolecular Hbond substituents is 1. The first-order chi connectivity index (χ1) is 16.2. The Morgan fingerprint density at radius 2 is 1.88 bits per heavy atom. The maximum Gasteiger partial charge on any atom is 0.250 e. The zero-order valence-corrected chi connectivity index (χ0v) is 18.5. The number of para-hydroxylation sites is 1. The van der Waals surface area contributed by atoms with Crippen molar-refractivity contribution < 1.29 is 9.84 Å². The molecule has 9 nitrogen and oxygen atoms in total. The molecule has 1 saturated heterocycles. The lowest BCUT2D eigenvalue weighted by Gasteiger charge is -2.16. The Hall–Kier alpha value is -4.14. The third kappa shape index (κ3) is 5.57. The van der Waals surface area contributed by atoms with E-state index in [0.29, 0.717) is 35.6 Å². The van der Waals surface area contributed by atoms with E-state index in [9.17, 15) is 5.11 Å². The van der Waals surface area contributed by atoms with Crippen LogP contribution in [0.15, 0.2) is 60.2 Å². The van der Waals surface area contributed by atoms with Crippen LogP contribution in [-0.2, 0) is 6.42 Å². The molecule has 0 unspecified atom stereocenters. The molecule has 0 saturated carbocycles. The molecular formula is C24H27N7O2. The number of aromatic hydroxyl groups is 1. The molecule has 33 heavy (non-hydrogen) atoms. The van der Waals surface area contributed by atoms with Crippen molar-refractivity contribution in [2.75, 3.05) is 35.8 Å². The smallest absolute Gasteiger partial charge is 0.250 e. The Bertz CT molecular complexity index is 1130. The summed E-state index contributed by atoms with van der Waals surface area (Å²) < 4.78 is 5.27. The second kappa shape index (κ2) is 10.4. The van der Waals surface area contributed by atoms with E-state index in [4.69, 9.17) is 4.74 Å². The molecule has 1 aliphatic heterocycles. The van der Waals surface area contributed by atoms with Crippen molar-refractivity contribution in [3.63, 3.8) is 0 Å². The Balaban J connectivity index is 1.57. The lowest BCUT2D eigenvalue weighted by molar-refractivity contribution is 0.371. The SMILES string of the molecule is C=CCc1cc(/C=N/Nc2nc(Nc3ccccc3)nc(N3CCCC3)n2)cc(OC)c1O. The fourth-order valence-electron chi connectivity index (χ4n) is 3.57. The minimum Gasteiger partial charge on any atom is -0.504 e. The Labute approximate surface area is 192 Å². The highest BCUT2D eigenvalue weighted by Crippen LogP contribution is 2.31. The molecule has 170 valence electrons. The molecular weight excluding hydrogens is 418 g/mol. The van der Waals surface area contributed by atoms with Crippen LogP contribution < -0.4 is 20.4 Å². The third-order valence-electron chi connectivity index (χ3n) is 5.18. The molecule has 0 aliphatic carbocycles. The number of benzene rings is 2. The van der Waals surface area contributed by atoms with E-state index in [0.717, 1.165) is 37.2 Å². The number of nitrogens with zero attached hydrogens (tertiary/aromatic N) is 5. The molecule has 0 bridgehead atoms. The highest BCUT2D eigenvalue weighted by molar-refractivity contribution is 5.82. The molecule has 4 rings (SSSR count). The Kier molecular flexibility index (Phi) is 6.99. The molecule has 0 radical (unpaired) electrons. The molecule has 3 N–H and O–H groups in total.